The number of anilines is 1. The lowest BCUT2D eigenvalue weighted by Crippen LogP contribution is -2.44. The molecular formula is C23H20FN3O6. The number of ether oxygens (including phenoxy) is 1. The quantitative estimate of drug-likeness (QED) is 0.400. The third-order valence-electron chi connectivity index (χ3n) is 6.48. The zero-order chi connectivity index (χ0) is 23.7. The molecule has 9 nitrogen and oxygen atoms in total. The Morgan fingerprint density at radius 3 is 2.76 bits per heavy atom. The number of aryl methyl sites for hydroxylation is 1. The van der Waals surface area contributed by atoms with Crippen LogP contribution in [0.3, 0.4) is 0 Å². The second-order valence-corrected chi connectivity index (χ2v) is 8.22. The van der Waals surface area contributed by atoms with E-state index in [2.05, 4.69) is 10.3 Å². The van der Waals surface area contributed by atoms with Gasteiger partial charge in [0.25, 0.3) is 5.56 Å². The van der Waals surface area contributed by atoms with Gasteiger partial charge in [-0.3, -0.25) is 9.59 Å². The Labute approximate surface area is 186 Å². The zero-order valence-corrected chi connectivity index (χ0v) is 17.9. The van der Waals surface area contributed by atoms with Gasteiger partial charge in [-0.25, -0.2) is 14.2 Å². The normalized spacial score (nSPS) is 18.5. The monoisotopic (exact) mass is 453 g/mol. The molecule has 0 saturated heterocycles. The van der Waals surface area contributed by atoms with Crippen LogP contribution in [0.1, 0.15) is 35.6 Å². The minimum atomic E-state index is -1.93. The summed E-state index contributed by atoms with van der Waals surface area (Å²) in [6, 6.07) is 4.21. The lowest BCUT2D eigenvalue weighted by atomic mass is 9.86. The van der Waals surface area contributed by atoms with E-state index in [9.17, 15) is 23.9 Å². The topological polar surface area (TPSA) is 131 Å². The molecule has 3 N–H and O–H groups in total. The van der Waals surface area contributed by atoms with Crippen molar-refractivity contribution in [3.05, 3.63) is 56.6 Å². The van der Waals surface area contributed by atoms with Crippen LogP contribution in [0, 0.1) is 12.7 Å². The summed E-state index contributed by atoms with van der Waals surface area (Å²) >= 11 is 0. The number of nitrogens with zero attached hydrogens (tertiary/aromatic N) is 2. The van der Waals surface area contributed by atoms with Crippen LogP contribution in [0.5, 0.6) is 0 Å². The maximum atomic E-state index is 14.6. The van der Waals surface area contributed by atoms with Gasteiger partial charge >= 0.3 is 5.97 Å². The van der Waals surface area contributed by atoms with Gasteiger partial charge in [0.15, 0.2) is 5.60 Å². The van der Waals surface area contributed by atoms with E-state index in [0.717, 1.165) is 11.1 Å². The SMILES string of the molecule is CC[C@@]1(O)C(=O)OCc2c1cc1n(c2=O)Cc2c-1nc1cc(F)c(NC(=O)CO)cc1c2C. The number of aliphatic hydroxyl groups excluding tert-OH is 1. The Morgan fingerprint density at radius 2 is 2.06 bits per heavy atom. The van der Waals surface area contributed by atoms with Crippen molar-refractivity contribution in [3.8, 4) is 11.4 Å². The summed E-state index contributed by atoms with van der Waals surface area (Å²) in [6.45, 7) is 2.64. The number of hydrogen-bond acceptors (Lipinski definition) is 7. The van der Waals surface area contributed by atoms with E-state index in [1.807, 2.05) is 6.92 Å². The number of rotatable bonds is 3. The predicted molar refractivity (Wildman–Crippen MR) is 115 cm³/mol. The molecule has 0 bridgehead atoms. The van der Waals surface area contributed by atoms with Crippen LogP contribution in [0.15, 0.2) is 23.0 Å². The Hall–Kier alpha value is -3.63. The number of hydrogen-bond donors (Lipinski definition) is 3. The fraction of sp³-hybridized carbons (Fsp3) is 0.304. The first-order chi connectivity index (χ1) is 15.7. The molecule has 170 valence electrons. The van der Waals surface area contributed by atoms with Crippen LogP contribution >= 0.6 is 0 Å². The molecule has 0 aliphatic carbocycles. The molecule has 2 aliphatic rings. The van der Waals surface area contributed by atoms with Crippen molar-refractivity contribution >= 4 is 28.5 Å². The van der Waals surface area contributed by atoms with Crippen LogP contribution in [-0.4, -0.2) is 38.2 Å². The van der Waals surface area contributed by atoms with Gasteiger partial charge in [0, 0.05) is 22.6 Å². The lowest BCUT2D eigenvalue weighted by molar-refractivity contribution is -0.172. The van der Waals surface area contributed by atoms with Crippen molar-refractivity contribution < 1.29 is 28.9 Å². The number of nitrogens with one attached hydrogen (secondary N) is 1. The molecule has 0 radical (unpaired) electrons. The van der Waals surface area contributed by atoms with E-state index in [4.69, 9.17) is 9.84 Å². The first-order valence-corrected chi connectivity index (χ1v) is 10.4. The average molecular weight is 453 g/mol. The number of aliphatic hydroxyl groups is 2. The second kappa shape index (κ2) is 7.19. The molecule has 0 fully saturated rings. The van der Waals surface area contributed by atoms with Crippen LogP contribution < -0.4 is 10.9 Å². The minimum Gasteiger partial charge on any atom is -0.458 e. The largest absolute Gasteiger partial charge is 0.458 e. The summed E-state index contributed by atoms with van der Waals surface area (Å²) in [5, 5.41) is 22.8. The highest BCUT2D eigenvalue weighted by molar-refractivity contribution is 5.96. The molecular weight excluding hydrogens is 433 g/mol. The average Bonchev–Trinajstić information content (AvgIpc) is 3.17. The molecule has 2 aliphatic heterocycles. The fourth-order valence-corrected chi connectivity index (χ4v) is 4.59. The van der Waals surface area contributed by atoms with Crippen LogP contribution in [0.25, 0.3) is 22.3 Å². The van der Waals surface area contributed by atoms with Crippen LogP contribution in [-0.2, 0) is 33.1 Å². The van der Waals surface area contributed by atoms with Gasteiger partial charge in [0.1, 0.15) is 19.0 Å². The van der Waals surface area contributed by atoms with Crippen molar-refractivity contribution in [3.63, 3.8) is 0 Å². The molecule has 1 atom stereocenters. The first-order valence-electron chi connectivity index (χ1n) is 10.4. The van der Waals surface area contributed by atoms with E-state index in [1.165, 1.54) is 16.7 Å². The molecule has 5 rings (SSSR count). The second-order valence-electron chi connectivity index (χ2n) is 8.22. The molecule has 2 aromatic heterocycles. The maximum Gasteiger partial charge on any atom is 0.343 e. The van der Waals surface area contributed by atoms with Gasteiger partial charge in [0.2, 0.25) is 5.91 Å². The molecule has 1 amide bonds. The summed E-state index contributed by atoms with van der Waals surface area (Å²) in [4.78, 5) is 41.6. The fourth-order valence-electron chi connectivity index (χ4n) is 4.59. The zero-order valence-electron chi connectivity index (χ0n) is 17.9. The Kier molecular flexibility index (Phi) is 4.62. The molecule has 10 heteroatoms. The number of carbonyl (C=O) groups excluding carboxylic acids is 2. The van der Waals surface area contributed by atoms with Gasteiger partial charge in [0.05, 0.1) is 34.7 Å². The number of halogens is 1. The number of carbonyl (C=O) groups is 2. The van der Waals surface area contributed by atoms with Crippen LogP contribution in [0.2, 0.25) is 0 Å². The highest BCUT2D eigenvalue weighted by Crippen LogP contribution is 2.40. The third-order valence-corrected chi connectivity index (χ3v) is 6.48. The van der Waals surface area contributed by atoms with Gasteiger partial charge in [-0.15, -0.1) is 0 Å². The minimum absolute atomic E-state index is 0.0340. The predicted octanol–water partition coefficient (Wildman–Crippen LogP) is 1.46. The Balaban J connectivity index is 1.73. The van der Waals surface area contributed by atoms with E-state index in [0.29, 0.717) is 22.3 Å². The summed E-state index contributed by atoms with van der Waals surface area (Å²) in [6.07, 6.45) is 0.0340. The summed E-state index contributed by atoms with van der Waals surface area (Å²) in [7, 11) is 0. The molecule has 33 heavy (non-hydrogen) atoms. The van der Waals surface area contributed by atoms with Crippen molar-refractivity contribution in [2.75, 3.05) is 11.9 Å². The van der Waals surface area contributed by atoms with E-state index in [-0.39, 0.29) is 41.9 Å². The summed E-state index contributed by atoms with van der Waals surface area (Å²) in [5.41, 5.74) is 0.716. The van der Waals surface area contributed by atoms with Crippen molar-refractivity contribution in [1.82, 2.24) is 9.55 Å². The summed E-state index contributed by atoms with van der Waals surface area (Å²) < 4.78 is 21.2. The van der Waals surface area contributed by atoms with E-state index in [1.54, 1.807) is 13.0 Å². The molecule has 0 unspecified atom stereocenters. The number of cyclic esters (lactones) is 1. The third kappa shape index (κ3) is 2.91. The Morgan fingerprint density at radius 1 is 1.30 bits per heavy atom. The number of esters is 1. The number of fused-ring (bicyclic) bond motifs is 5. The highest BCUT2D eigenvalue weighted by atomic mass is 19.1. The molecule has 3 aromatic rings. The Bertz CT molecular complexity index is 1450. The van der Waals surface area contributed by atoms with Crippen molar-refractivity contribution in [1.29, 1.82) is 0 Å². The standard InChI is InChI=1S/C23H20FN3O6/c1-3-23(32)14-5-18-20-12(7-27(18)21(30)13(14)9-33-22(23)31)10(2)11-4-17(25-19(29)8-28)15(24)6-16(11)26-20/h4-6,28,32H,3,7-9H2,1-2H3,(H,25,29)/t23-/m0/s1. The van der Waals surface area contributed by atoms with Gasteiger partial charge in [-0.05, 0) is 31.0 Å². The van der Waals surface area contributed by atoms with Crippen molar-refractivity contribution in [2.45, 2.75) is 39.0 Å². The smallest absolute Gasteiger partial charge is 0.343 e. The number of amides is 1. The molecule has 0 saturated carbocycles. The highest BCUT2D eigenvalue weighted by Gasteiger charge is 2.45. The number of pyridine rings is 2. The molecule has 4 heterocycles. The lowest BCUT2D eigenvalue weighted by Gasteiger charge is -2.31. The van der Waals surface area contributed by atoms with Crippen molar-refractivity contribution in [2.24, 2.45) is 0 Å². The molecule has 1 aromatic carbocycles. The number of benzene rings is 1. The maximum absolute atomic E-state index is 14.6. The van der Waals surface area contributed by atoms with E-state index >= 15 is 0 Å². The number of aromatic nitrogens is 2. The van der Waals surface area contributed by atoms with Gasteiger partial charge in [-0.1, -0.05) is 6.92 Å². The summed E-state index contributed by atoms with van der Waals surface area (Å²) in [5.74, 6) is -2.27. The van der Waals surface area contributed by atoms with Gasteiger partial charge in [-0.2, -0.15) is 0 Å². The first kappa shape index (κ1) is 21.2. The van der Waals surface area contributed by atoms with Crippen LogP contribution in [0.4, 0.5) is 10.1 Å². The van der Waals surface area contributed by atoms with E-state index < -0.39 is 29.9 Å². The van der Waals surface area contributed by atoms with Gasteiger partial charge < -0.3 is 24.8 Å². The molecule has 0 spiro atoms.